The van der Waals surface area contributed by atoms with Gasteiger partial charge in [-0.05, 0) is 0 Å². The number of hydrogen-bond acceptors (Lipinski definition) is 0. The van der Waals surface area contributed by atoms with Crippen molar-refractivity contribution in [3.63, 3.8) is 0 Å². The van der Waals surface area contributed by atoms with E-state index in [0.717, 1.165) is 0 Å². The molecule has 0 saturated carbocycles. The number of hydrogen-bond donors (Lipinski definition) is 0. The molecule has 0 fully saturated rings. The van der Waals surface area contributed by atoms with Gasteiger partial charge in [0.1, 0.15) is 0 Å². The summed E-state index contributed by atoms with van der Waals surface area (Å²) in [5, 5.41) is 0. The Morgan fingerprint density at radius 1 is 1.83 bits per heavy atom. The van der Waals surface area contributed by atoms with Crippen LogP contribution in [0.5, 0.6) is 0 Å². The number of allylic oxidation sites excluding steroid dienone is 2. The van der Waals surface area contributed by atoms with Crippen LogP contribution in [0.25, 0.3) is 0 Å². The molecule has 0 amide bonds. The number of halogens is 1. The Hall–Kier alpha value is 0.965. The van der Waals surface area contributed by atoms with Crippen LogP contribution in [-0.2, 0) is 23.3 Å². The Bertz CT molecular complexity index is 42.8. The van der Waals surface area contributed by atoms with Gasteiger partial charge >= 0.3 is 54.6 Å². The Balaban J connectivity index is 2.66. The van der Waals surface area contributed by atoms with Crippen molar-refractivity contribution in [2.75, 3.05) is 0 Å². The standard InChI is InChI=1S/C4H7.ClH.Hg/c1-3-4-2;;/h3-4H,1H2,2H3;1H;/q;;+1/p-1. The van der Waals surface area contributed by atoms with Crippen LogP contribution in [0.15, 0.2) is 12.2 Å². The second-order valence-electron chi connectivity index (χ2n) is 1.05. The molecule has 0 spiro atoms. The van der Waals surface area contributed by atoms with E-state index in [0.29, 0.717) is 0 Å². The molecular formula is C4H7ClHg. The third-order valence-corrected chi connectivity index (χ3v) is 4.57. The molecule has 0 N–H and O–H groups in total. The van der Waals surface area contributed by atoms with Crippen LogP contribution in [-0.4, -0.2) is 0 Å². The Morgan fingerprint density at radius 2 is 2.50 bits per heavy atom. The summed E-state index contributed by atoms with van der Waals surface area (Å²) in [4.78, 5) is 0. The fourth-order valence-corrected chi connectivity index (χ4v) is 3.12. The molecular weight excluding hydrogens is 284 g/mol. The first-order valence-corrected chi connectivity index (χ1v) is 12.7. The van der Waals surface area contributed by atoms with Crippen LogP contribution in [0.4, 0.5) is 0 Å². The number of rotatable bonds is 2. The van der Waals surface area contributed by atoms with Gasteiger partial charge in [-0.2, -0.15) is 0 Å². The van der Waals surface area contributed by atoms with Crippen LogP contribution in [0.3, 0.4) is 0 Å². The summed E-state index contributed by atoms with van der Waals surface area (Å²) in [6.07, 6.45) is 4.21. The van der Waals surface area contributed by atoms with Crippen molar-refractivity contribution in [1.82, 2.24) is 0 Å². The first kappa shape index (κ1) is 6.97. The van der Waals surface area contributed by atoms with E-state index in [9.17, 15) is 0 Å². The summed E-state index contributed by atoms with van der Waals surface area (Å²) in [6, 6.07) is 0. The predicted octanol–water partition coefficient (Wildman–Crippen LogP) is 2.22. The molecule has 0 radical (unpaired) electrons. The zero-order valence-electron chi connectivity index (χ0n) is 3.95. The van der Waals surface area contributed by atoms with Crippen molar-refractivity contribution >= 4 is 8.25 Å². The van der Waals surface area contributed by atoms with Gasteiger partial charge in [-0.1, -0.05) is 0 Å². The molecule has 0 aromatic rings. The predicted molar refractivity (Wildman–Crippen MR) is 25.5 cm³/mol. The SMILES string of the molecule is CC=C[CH2][Hg][Cl]. The van der Waals surface area contributed by atoms with Crippen molar-refractivity contribution in [3.8, 4) is 0 Å². The molecule has 0 nitrogen and oxygen atoms in total. The molecule has 0 aromatic carbocycles. The molecule has 0 rings (SSSR count). The molecule has 0 saturated heterocycles. The Morgan fingerprint density at radius 3 is 2.67 bits per heavy atom. The van der Waals surface area contributed by atoms with Crippen molar-refractivity contribution in [3.05, 3.63) is 12.2 Å². The summed E-state index contributed by atoms with van der Waals surface area (Å²) in [6.45, 7) is 2.03. The van der Waals surface area contributed by atoms with Gasteiger partial charge in [0.15, 0.2) is 0 Å². The van der Waals surface area contributed by atoms with E-state index in [1.807, 2.05) is 6.92 Å². The minimum absolute atomic E-state index is 0.783. The van der Waals surface area contributed by atoms with Gasteiger partial charge in [0.25, 0.3) is 0 Å². The molecule has 0 unspecified atom stereocenters. The normalized spacial score (nSPS) is 9.00. The molecule has 32 valence electrons. The molecule has 0 bridgehead atoms. The van der Waals surface area contributed by atoms with Gasteiger partial charge in [0.2, 0.25) is 0 Å². The fourth-order valence-electron chi connectivity index (χ4n) is 0.230. The average Bonchev–Trinajstić information content (AvgIpc) is 1.61. The second kappa shape index (κ2) is 5.97. The zero-order valence-corrected chi connectivity index (χ0v) is 10.2. The maximum atomic E-state index is 5.55. The topological polar surface area (TPSA) is 0 Å². The maximum absolute atomic E-state index is 5.55. The molecule has 0 heterocycles. The molecule has 6 heavy (non-hydrogen) atoms. The van der Waals surface area contributed by atoms with Crippen LogP contribution in [0.2, 0.25) is 3.93 Å². The Kier molecular flexibility index (Phi) is 6.92. The van der Waals surface area contributed by atoms with Gasteiger partial charge in [-0.3, -0.25) is 0 Å². The third-order valence-electron chi connectivity index (χ3n) is 0.511. The molecule has 0 aromatic heterocycles. The summed E-state index contributed by atoms with van der Waals surface area (Å²) in [5.41, 5.74) is 0. The summed E-state index contributed by atoms with van der Waals surface area (Å²) in [5.74, 6) is 0. The van der Waals surface area contributed by atoms with E-state index < -0.39 is 23.3 Å². The monoisotopic (exact) mass is 292 g/mol. The van der Waals surface area contributed by atoms with Crippen LogP contribution < -0.4 is 0 Å². The average molecular weight is 291 g/mol. The van der Waals surface area contributed by atoms with Crippen LogP contribution in [0.1, 0.15) is 6.92 Å². The van der Waals surface area contributed by atoms with Crippen molar-refractivity contribution < 1.29 is 23.3 Å². The summed E-state index contributed by atoms with van der Waals surface area (Å²) in [7, 11) is 5.55. The summed E-state index contributed by atoms with van der Waals surface area (Å²) < 4.78 is 1.22. The van der Waals surface area contributed by atoms with Gasteiger partial charge in [-0.15, -0.1) is 0 Å². The van der Waals surface area contributed by atoms with Gasteiger partial charge < -0.3 is 0 Å². The summed E-state index contributed by atoms with van der Waals surface area (Å²) >= 11 is -0.783. The van der Waals surface area contributed by atoms with E-state index in [2.05, 4.69) is 12.2 Å². The van der Waals surface area contributed by atoms with Gasteiger partial charge in [0.05, 0.1) is 0 Å². The van der Waals surface area contributed by atoms with Gasteiger partial charge in [0, 0.05) is 0 Å². The van der Waals surface area contributed by atoms with Crippen molar-refractivity contribution in [2.45, 2.75) is 10.9 Å². The van der Waals surface area contributed by atoms with E-state index in [4.69, 9.17) is 8.25 Å². The molecule has 0 aliphatic heterocycles. The third kappa shape index (κ3) is 4.97. The van der Waals surface area contributed by atoms with Gasteiger partial charge in [-0.25, -0.2) is 0 Å². The second-order valence-corrected chi connectivity index (χ2v) is 8.08. The Labute approximate surface area is 54.4 Å². The van der Waals surface area contributed by atoms with Crippen molar-refractivity contribution in [2.24, 2.45) is 0 Å². The molecule has 0 atom stereocenters. The first-order valence-electron chi connectivity index (χ1n) is 2.09. The minimum atomic E-state index is -0.783. The van der Waals surface area contributed by atoms with Crippen LogP contribution >= 0.6 is 8.25 Å². The van der Waals surface area contributed by atoms with Crippen molar-refractivity contribution in [1.29, 1.82) is 0 Å². The van der Waals surface area contributed by atoms with E-state index in [-0.39, 0.29) is 0 Å². The van der Waals surface area contributed by atoms with E-state index >= 15 is 0 Å². The molecule has 0 aliphatic rings. The zero-order chi connectivity index (χ0) is 4.83. The first-order chi connectivity index (χ1) is 2.91. The van der Waals surface area contributed by atoms with E-state index in [1.54, 1.807) is 0 Å². The molecule has 0 aliphatic carbocycles. The van der Waals surface area contributed by atoms with Crippen LogP contribution in [0, 0.1) is 0 Å². The molecule has 2 heteroatoms. The van der Waals surface area contributed by atoms with E-state index in [1.165, 1.54) is 3.93 Å². The quantitative estimate of drug-likeness (QED) is 0.540. The fraction of sp³-hybridized carbons (Fsp3) is 0.500.